The Hall–Kier alpha value is -4.21. The quantitative estimate of drug-likeness (QED) is 0.244. The number of halogens is 1. The molecule has 2 aromatic rings. The third-order valence-electron chi connectivity index (χ3n) is 8.81. The summed E-state index contributed by atoms with van der Waals surface area (Å²) in [6, 6.07) is 4.14. The number of hydrogen-bond donors (Lipinski definition) is 3. The minimum Gasteiger partial charge on any atom is -0.478 e. The van der Waals surface area contributed by atoms with Gasteiger partial charge in [-0.15, -0.1) is 10.2 Å². The zero-order valence-electron chi connectivity index (χ0n) is 30.3. The van der Waals surface area contributed by atoms with Gasteiger partial charge in [-0.25, -0.2) is 19.0 Å². The highest BCUT2D eigenvalue weighted by Gasteiger charge is 2.50. The Labute approximate surface area is 293 Å². The Morgan fingerprint density at radius 2 is 1.64 bits per heavy atom. The molecule has 15 heteroatoms. The highest BCUT2D eigenvalue weighted by molar-refractivity contribution is 5.97. The molecule has 14 nitrogen and oxygen atoms in total. The molecule has 2 aliphatic heterocycles. The predicted molar refractivity (Wildman–Crippen MR) is 186 cm³/mol. The van der Waals surface area contributed by atoms with E-state index in [1.54, 1.807) is 4.90 Å². The van der Waals surface area contributed by atoms with E-state index in [1.165, 1.54) is 24.5 Å². The number of likely N-dealkylation sites (N-methyl/N-ethyl adjacent to an activating group) is 1. The Bertz CT molecular complexity index is 1470. The smallest absolute Gasteiger partial charge is 0.328 e. The Morgan fingerprint density at radius 3 is 2.18 bits per heavy atom. The highest BCUT2D eigenvalue weighted by Crippen LogP contribution is 2.44. The van der Waals surface area contributed by atoms with Crippen LogP contribution in [0.15, 0.2) is 36.7 Å². The Morgan fingerprint density at radius 1 is 1.02 bits per heavy atom. The van der Waals surface area contributed by atoms with Crippen molar-refractivity contribution in [1.82, 2.24) is 29.9 Å². The first kappa shape index (κ1) is 40.2. The molecule has 2 fully saturated rings. The average molecular weight is 702 g/mol. The van der Waals surface area contributed by atoms with E-state index < -0.39 is 17.8 Å². The fraction of sp³-hybridized carbons (Fsp3) is 0.600. The molecule has 3 N–H and O–H groups in total. The normalized spacial score (nSPS) is 16.9. The number of amides is 1. The summed E-state index contributed by atoms with van der Waals surface area (Å²) in [5.41, 5.74) is 0.270. The van der Waals surface area contributed by atoms with Gasteiger partial charge in [-0.05, 0) is 78.7 Å². The van der Waals surface area contributed by atoms with Crippen molar-refractivity contribution in [3.63, 3.8) is 0 Å². The van der Waals surface area contributed by atoms with Crippen molar-refractivity contribution in [1.29, 1.82) is 0 Å². The lowest BCUT2D eigenvalue weighted by Gasteiger charge is -2.53. The van der Waals surface area contributed by atoms with Gasteiger partial charge in [0.25, 0.3) is 11.8 Å². The summed E-state index contributed by atoms with van der Waals surface area (Å²) in [6.07, 6.45) is 3.93. The van der Waals surface area contributed by atoms with Crippen LogP contribution >= 0.6 is 0 Å². The average Bonchev–Trinajstić information content (AvgIpc) is 3.44. The molecule has 0 unspecified atom stereocenters. The van der Waals surface area contributed by atoms with Gasteiger partial charge in [-0.3, -0.25) is 9.69 Å². The van der Waals surface area contributed by atoms with Crippen molar-refractivity contribution >= 4 is 23.7 Å². The third kappa shape index (κ3) is 10.9. The van der Waals surface area contributed by atoms with E-state index >= 15 is 0 Å². The number of hydrogen-bond acceptors (Lipinski definition) is 11. The van der Waals surface area contributed by atoms with E-state index in [2.05, 4.69) is 38.8 Å². The molecule has 0 aliphatic carbocycles. The van der Waals surface area contributed by atoms with Crippen LogP contribution in [0.1, 0.15) is 64.7 Å². The largest absolute Gasteiger partial charge is 0.478 e. The second kappa shape index (κ2) is 17.6. The van der Waals surface area contributed by atoms with Gasteiger partial charge in [0.1, 0.15) is 17.9 Å². The van der Waals surface area contributed by atoms with Gasteiger partial charge in [0, 0.05) is 68.4 Å². The van der Waals surface area contributed by atoms with Crippen LogP contribution in [0.25, 0.3) is 0 Å². The van der Waals surface area contributed by atoms with E-state index in [0.29, 0.717) is 36.5 Å². The number of aromatic nitrogens is 3. The van der Waals surface area contributed by atoms with Gasteiger partial charge in [-0.1, -0.05) is 13.8 Å². The molecule has 0 bridgehead atoms. The van der Waals surface area contributed by atoms with Crippen molar-refractivity contribution in [2.24, 2.45) is 11.3 Å². The van der Waals surface area contributed by atoms with Crippen LogP contribution in [0.5, 0.6) is 11.6 Å². The number of aliphatic carboxylic acids is 2. The number of carbonyl (C=O) groups excluding carboxylic acids is 1. The van der Waals surface area contributed by atoms with Crippen molar-refractivity contribution in [3.05, 3.63) is 48.1 Å². The zero-order valence-corrected chi connectivity index (χ0v) is 30.3. The molecule has 2 aliphatic rings. The molecule has 1 amide bonds. The zero-order chi connectivity index (χ0) is 37.3. The molecule has 4 rings (SSSR count). The number of aliphatic hydroxyl groups excluding tert-OH is 1. The highest BCUT2D eigenvalue weighted by atomic mass is 19.1. The van der Waals surface area contributed by atoms with Gasteiger partial charge in [-0.2, -0.15) is 0 Å². The topological polar surface area (TPSA) is 173 Å². The summed E-state index contributed by atoms with van der Waals surface area (Å²) in [5.74, 6) is -1.92. The van der Waals surface area contributed by atoms with Gasteiger partial charge in [0.15, 0.2) is 5.82 Å². The summed E-state index contributed by atoms with van der Waals surface area (Å²) in [6.45, 7) is 16.4. The van der Waals surface area contributed by atoms with Crippen LogP contribution in [0.4, 0.5) is 10.2 Å². The van der Waals surface area contributed by atoms with Crippen LogP contribution in [0.3, 0.4) is 0 Å². The molecule has 1 aromatic carbocycles. The molecule has 2 saturated heterocycles. The number of carboxylic acid groups (broad SMARTS) is 2. The lowest BCUT2D eigenvalue weighted by molar-refractivity contribution is -0.134. The Kier molecular flexibility index (Phi) is 14.2. The van der Waals surface area contributed by atoms with E-state index in [4.69, 9.17) is 14.9 Å². The van der Waals surface area contributed by atoms with Crippen molar-refractivity contribution in [3.8, 4) is 11.6 Å². The maximum atomic E-state index is 14.3. The summed E-state index contributed by atoms with van der Waals surface area (Å²) < 4.78 is 20.5. The second-order valence-corrected chi connectivity index (χ2v) is 14.3. The molecule has 50 heavy (non-hydrogen) atoms. The van der Waals surface area contributed by atoms with Crippen molar-refractivity contribution in [2.45, 2.75) is 78.6 Å². The fourth-order valence-electron chi connectivity index (χ4n) is 6.79. The van der Waals surface area contributed by atoms with E-state index in [9.17, 15) is 23.9 Å². The first-order valence-electron chi connectivity index (χ1n) is 16.9. The maximum Gasteiger partial charge on any atom is 0.328 e. The lowest BCUT2D eigenvalue weighted by Crippen LogP contribution is -2.62. The van der Waals surface area contributed by atoms with Crippen LogP contribution < -0.4 is 9.64 Å². The molecule has 0 saturated carbocycles. The number of nitrogens with zero attached hydrogens (tertiary/aromatic N) is 7. The first-order chi connectivity index (χ1) is 23.4. The van der Waals surface area contributed by atoms with Crippen LogP contribution in [-0.2, 0) is 9.59 Å². The van der Waals surface area contributed by atoms with Crippen LogP contribution in [-0.4, -0.2) is 134 Å². The number of rotatable bonds is 14. The molecule has 3 heterocycles. The number of aliphatic hydroxyl groups is 1. The number of anilines is 1. The van der Waals surface area contributed by atoms with Gasteiger partial charge in [0.05, 0.1) is 11.7 Å². The van der Waals surface area contributed by atoms with E-state index in [1.807, 2.05) is 46.7 Å². The van der Waals surface area contributed by atoms with E-state index in [0.717, 1.165) is 39.0 Å². The predicted octanol–water partition coefficient (Wildman–Crippen LogP) is 3.62. The summed E-state index contributed by atoms with van der Waals surface area (Å²) in [4.78, 5) is 45.5. The SMILES string of the molecule is CC(C)[C@H](C[C@@H](O)CN(C)C)N1CC2(CCN(c3ncnnc3Oc3ccc(F)cc3C(=O)N(C(C)C)C(C)C)C2)C1.O=C(O)/C=C/C(=O)O. The standard InChI is InChI=1S/C31H48FN7O3.C4H4O4/c1-20(2)26(14-24(40)15-36(7)8)38-17-31(18-38)11-12-37(16-31)28-29(35-34-19-33-28)42-27-10-9-23(32)13-25(27)30(41)39(21(3)4)22(5)6;5-3(6)1-2-4(7)8/h9-10,13,19-22,24,26,40H,11-12,14-18H2,1-8H3;1-2H,(H,5,6)(H,7,8)/b;2-1+/t24-,26+;/m1./s1. The number of carboxylic acids is 2. The molecule has 276 valence electrons. The molecule has 1 aromatic heterocycles. The summed E-state index contributed by atoms with van der Waals surface area (Å²) >= 11 is 0. The van der Waals surface area contributed by atoms with Crippen molar-refractivity contribution < 1.29 is 38.8 Å². The second-order valence-electron chi connectivity index (χ2n) is 14.3. The molecule has 2 atom stereocenters. The van der Waals surface area contributed by atoms with Crippen molar-refractivity contribution in [2.75, 3.05) is 51.7 Å². The first-order valence-corrected chi connectivity index (χ1v) is 16.9. The summed E-state index contributed by atoms with van der Waals surface area (Å²) in [5, 5.41) is 34.4. The molecule has 1 spiro atoms. The molecule has 0 radical (unpaired) electrons. The maximum absolute atomic E-state index is 14.3. The van der Waals surface area contributed by atoms with Gasteiger partial charge in [0.2, 0.25) is 0 Å². The van der Waals surface area contributed by atoms with Crippen LogP contribution in [0, 0.1) is 17.2 Å². The van der Waals surface area contributed by atoms with Gasteiger partial charge >= 0.3 is 11.9 Å². The minimum atomic E-state index is -1.26. The minimum absolute atomic E-state index is 0.0725. The number of benzene rings is 1. The van der Waals surface area contributed by atoms with Gasteiger partial charge < -0.3 is 34.8 Å². The third-order valence-corrected chi connectivity index (χ3v) is 8.81. The molecular weight excluding hydrogens is 649 g/mol. The van der Waals surface area contributed by atoms with E-state index in [-0.39, 0.29) is 46.7 Å². The lowest BCUT2D eigenvalue weighted by atomic mass is 9.76. The Balaban J connectivity index is 0.000000753. The monoisotopic (exact) mass is 701 g/mol. The number of ether oxygens (including phenoxy) is 1. The summed E-state index contributed by atoms with van der Waals surface area (Å²) in [7, 11) is 3.97. The fourth-order valence-corrected chi connectivity index (χ4v) is 6.79. The number of likely N-dealkylation sites (tertiary alicyclic amines) is 1. The van der Waals surface area contributed by atoms with Crippen LogP contribution in [0.2, 0.25) is 0 Å². The number of carbonyl (C=O) groups is 3. The molecular formula is C35H52FN7O7.